The minimum atomic E-state index is -4.86. The number of amides is 2. The lowest BCUT2D eigenvalue weighted by Gasteiger charge is -2.42. The Labute approximate surface area is 296 Å². The number of anilines is 1. The Hall–Kier alpha value is -3.29. The molecule has 10 N–H and O–H groups in total. The number of nitrogens with one attached hydrogen (secondary N) is 2. The minimum absolute atomic E-state index is 0.00105. The number of aliphatic hydroxyl groups is 4. The summed E-state index contributed by atoms with van der Waals surface area (Å²) in [6.45, 7) is 0.478. The number of nitrogen functional groups attached to an aromatic ring is 1. The lowest BCUT2D eigenvalue weighted by molar-refractivity contribution is -0.315. The topological polar surface area (TPSA) is 328 Å². The normalized spacial score (nSPS) is 28.4. The van der Waals surface area contributed by atoms with Crippen LogP contribution in [0, 0.1) is 0 Å². The van der Waals surface area contributed by atoms with Gasteiger partial charge in [-0.2, -0.15) is 9.56 Å². The third kappa shape index (κ3) is 11.6. The van der Waals surface area contributed by atoms with Crippen molar-refractivity contribution in [3.8, 4) is 0 Å². The lowest BCUT2D eigenvalue weighted by atomic mass is 9.97. The number of aliphatic hydroxyl groups excluding tert-OH is 4. The lowest BCUT2D eigenvalue weighted by Crippen LogP contribution is -2.64. The van der Waals surface area contributed by atoms with Crippen molar-refractivity contribution in [2.45, 2.75) is 75.1 Å². The molecule has 52 heavy (non-hydrogen) atoms. The number of hydrogen-bond acceptors (Lipinski definition) is 18. The molecule has 2 fully saturated rings. The Bertz CT molecular complexity index is 1470. The van der Waals surface area contributed by atoms with E-state index < -0.39 is 75.9 Å². The van der Waals surface area contributed by atoms with Gasteiger partial charge in [0.25, 0.3) is 11.6 Å². The average molecular weight is 767 g/mol. The van der Waals surface area contributed by atoms with Gasteiger partial charge in [0.15, 0.2) is 30.6 Å². The summed E-state index contributed by atoms with van der Waals surface area (Å²) < 4.78 is 50.5. The molecule has 1 aromatic heterocycles. The van der Waals surface area contributed by atoms with Gasteiger partial charge >= 0.3 is 13.6 Å². The molecular formula is C28H45N7O16P+. The third-order valence-electron chi connectivity index (χ3n) is 7.82. The summed E-state index contributed by atoms with van der Waals surface area (Å²) in [5, 5.41) is 45.8. The van der Waals surface area contributed by atoms with Crippen LogP contribution in [0.4, 0.5) is 17.3 Å². The van der Waals surface area contributed by atoms with Gasteiger partial charge in [0.1, 0.15) is 37.3 Å². The van der Waals surface area contributed by atoms with Crippen LogP contribution in [0.15, 0.2) is 11.3 Å². The zero-order chi connectivity index (χ0) is 37.8. The predicted molar refractivity (Wildman–Crippen MR) is 173 cm³/mol. The summed E-state index contributed by atoms with van der Waals surface area (Å²) >= 11 is 0. The number of nitrogens with two attached hydrogens (primary N) is 1. The Morgan fingerprint density at radius 3 is 2.52 bits per heavy atom. The van der Waals surface area contributed by atoms with E-state index in [1.165, 1.54) is 24.2 Å². The molecule has 3 aliphatic heterocycles. The first-order chi connectivity index (χ1) is 24.8. The Morgan fingerprint density at radius 1 is 1.02 bits per heavy atom. The molecule has 3 aliphatic rings. The highest BCUT2D eigenvalue weighted by atomic mass is 31.2. The number of aliphatic imine (C=N–C) groups is 1. The molecule has 0 aromatic carbocycles. The maximum absolute atomic E-state index is 12.2. The highest BCUT2D eigenvalue weighted by molar-refractivity contribution is 7.46. The highest BCUT2D eigenvalue weighted by Gasteiger charge is 2.48. The number of carbonyl (C=O) groups is 2. The first kappa shape index (κ1) is 41.5. The minimum Gasteiger partial charge on any atom is -0.460 e. The second-order valence-electron chi connectivity index (χ2n) is 11.7. The van der Waals surface area contributed by atoms with Crippen LogP contribution in [0.25, 0.3) is 0 Å². The molecule has 1 aromatic rings. The fourth-order valence-corrected chi connectivity index (χ4v) is 5.61. The van der Waals surface area contributed by atoms with Crippen molar-refractivity contribution < 1.29 is 81.9 Å². The summed E-state index contributed by atoms with van der Waals surface area (Å²) in [4.78, 5) is 54.0. The Balaban J connectivity index is 1.10. The molecule has 0 spiro atoms. The standard InChI is InChI=1S/C28H44N7O16P/c1-15(37)34-19-23(41)21(39)16(10-36)51-28(19)47-6-3-2-4-18(38)30-5-7-45-8-9-46-14-48-24-22(40)17(11-49-52(42,43)44)50-27(24)35-13-33-20-25(29)31-12-32-26(20)35/h12-13,16-17,19,21-24,28,36,39-41H,2-11,14H2,1H3,(H5-,29,30,31,32,34,37,38,42,43,44)/p+1/t16-,17-,19-,21+,22-,23-,24-,28-/m1/s1. The molecule has 0 radical (unpaired) electrons. The number of aromatic nitrogens is 2. The summed E-state index contributed by atoms with van der Waals surface area (Å²) in [5.74, 6) is -0.344. The van der Waals surface area contributed by atoms with Crippen molar-refractivity contribution >= 4 is 49.2 Å². The van der Waals surface area contributed by atoms with E-state index in [-0.39, 0.29) is 75.3 Å². The largest absolute Gasteiger partial charge is 0.469 e. The van der Waals surface area contributed by atoms with Gasteiger partial charge in [-0.25, -0.2) is 4.57 Å². The number of fused-ring (bicyclic) bond motifs is 1. The molecule has 0 aliphatic carbocycles. The second-order valence-corrected chi connectivity index (χ2v) is 12.9. The summed E-state index contributed by atoms with van der Waals surface area (Å²) in [7, 11) is -4.86. The first-order valence-electron chi connectivity index (χ1n) is 16.2. The zero-order valence-corrected chi connectivity index (χ0v) is 29.0. The van der Waals surface area contributed by atoms with Crippen LogP contribution in [0.5, 0.6) is 0 Å². The van der Waals surface area contributed by atoms with E-state index >= 15 is 0 Å². The quantitative estimate of drug-likeness (QED) is 0.0266. The van der Waals surface area contributed by atoms with Crippen LogP contribution in [-0.2, 0) is 47.1 Å². The van der Waals surface area contributed by atoms with E-state index in [4.69, 9.17) is 43.9 Å². The van der Waals surface area contributed by atoms with Gasteiger partial charge in [-0.05, 0) is 12.8 Å². The van der Waals surface area contributed by atoms with Crippen molar-refractivity contribution in [1.82, 2.24) is 20.6 Å². The van der Waals surface area contributed by atoms with Gasteiger partial charge in [0.05, 0.1) is 33.0 Å². The predicted octanol–water partition coefficient (Wildman–Crippen LogP) is -3.73. The molecule has 4 heterocycles. The van der Waals surface area contributed by atoms with Gasteiger partial charge in [-0.15, -0.1) is 0 Å². The number of rotatable bonds is 20. The van der Waals surface area contributed by atoms with E-state index in [9.17, 15) is 34.6 Å². The summed E-state index contributed by atoms with van der Waals surface area (Å²) in [6.07, 6.45) is -5.20. The molecule has 292 valence electrons. The second kappa shape index (κ2) is 19.7. The molecule has 8 atom stereocenters. The maximum Gasteiger partial charge on any atom is 0.469 e. The number of ether oxygens (including phenoxy) is 6. The maximum atomic E-state index is 12.2. The summed E-state index contributed by atoms with van der Waals surface area (Å²) in [6, 6.07) is -1.04. The molecule has 0 unspecified atom stereocenters. The van der Waals surface area contributed by atoms with Crippen molar-refractivity contribution in [3.05, 3.63) is 6.33 Å². The van der Waals surface area contributed by atoms with Crippen LogP contribution < -0.4 is 16.4 Å². The van der Waals surface area contributed by atoms with Gasteiger partial charge in [0.2, 0.25) is 18.2 Å². The number of unbranched alkanes of at least 4 members (excludes halogenated alkanes) is 1. The van der Waals surface area contributed by atoms with Gasteiger partial charge in [0, 0.05) is 26.5 Å². The number of hydrogen-bond donors (Lipinski definition) is 9. The molecule has 24 heteroatoms. The third-order valence-corrected chi connectivity index (χ3v) is 8.30. The number of phosphoric ester groups is 1. The van der Waals surface area contributed by atoms with E-state index in [1.807, 2.05) is 0 Å². The number of phosphoric acid groups is 1. The molecule has 2 amide bonds. The van der Waals surface area contributed by atoms with E-state index in [1.54, 1.807) is 0 Å². The average Bonchev–Trinajstić information content (AvgIpc) is 3.66. The van der Waals surface area contributed by atoms with Crippen molar-refractivity contribution in [2.75, 3.05) is 58.7 Å². The van der Waals surface area contributed by atoms with Crippen LogP contribution in [0.2, 0.25) is 0 Å². The zero-order valence-electron chi connectivity index (χ0n) is 28.1. The molecule has 0 saturated carbocycles. The highest BCUT2D eigenvalue weighted by Crippen LogP contribution is 2.38. The monoisotopic (exact) mass is 766 g/mol. The van der Waals surface area contributed by atoms with Gasteiger partial charge in [-0.3, -0.25) is 14.1 Å². The van der Waals surface area contributed by atoms with Crippen molar-refractivity contribution in [1.29, 1.82) is 0 Å². The molecule has 4 rings (SSSR count). The number of carbonyl (C=O) groups excluding carboxylic acids is 2. The Kier molecular flexibility index (Phi) is 15.7. The van der Waals surface area contributed by atoms with Crippen LogP contribution in [-0.4, -0.2) is 171 Å². The molecule has 0 bridgehead atoms. The first-order valence-corrected chi connectivity index (χ1v) is 17.7. The molecule has 2 saturated heterocycles. The van der Waals surface area contributed by atoms with Gasteiger partial charge < -0.3 is 75.0 Å². The summed E-state index contributed by atoms with van der Waals surface area (Å²) in [5.41, 5.74) is 6.11. The van der Waals surface area contributed by atoms with E-state index in [0.29, 0.717) is 12.8 Å². The fraction of sp³-hybridized carbons (Fsp3) is 0.714. The molecular weight excluding hydrogens is 721 g/mol. The van der Waals surface area contributed by atoms with Crippen molar-refractivity contribution in [3.63, 3.8) is 0 Å². The van der Waals surface area contributed by atoms with Crippen LogP contribution >= 0.6 is 7.82 Å². The van der Waals surface area contributed by atoms with Crippen molar-refractivity contribution in [2.24, 2.45) is 4.99 Å². The fourth-order valence-electron chi connectivity index (χ4n) is 5.27. The van der Waals surface area contributed by atoms with Crippen LogP contribution in [0.1, 0.15) is 26.2 Å². The SMILES string of the molecule is CC(=O)N[C@H]1[C@H](OCCCCC(=O)NCCOCCOCO[C@H]2C(=[N+]3C=Nc4c(N)ncnc43)O[C@H](COP(=O)(O)O)[C@H]2O)O[C@H](CO)[C@H](O)[C@@H]1O. The van der Waals surface area contributed by atoms with E-state index in [2.05, 4.69) is 30.1 Å². The Morgan fingerprint density at radius 2 is 1.79 bits per heavy atom. The number of nitrogens with zero attached hydrogens (tertiary/aromatic N) is 4. The molecule has 23 nitrogen and oxygen atoms in total. The smallest absolute Gasteiger partial charge is 0.460 e. The van der Waals surface area contributed by atoms with Gasteiger partial charge in [-0.1, -0.05) is 9.98 Å². The van der Waals surface area contributed by atoms with Crippen LogP contribution in [0.3, 0.4) is 0 Å². The van der Waals surface area contributed by atoms with E-state index in [0.717, 1.165) is 0 Å².